The Morgan fingerprint density at radius 1 is 1.09 bits per heavy atom. The van der Waals surface area contributed by atoms with Crippen LogP contribution in [0.25, 0.3) is 11.4 Å². The van der Waals surface area contributed by atoms with Crippen molar-refractivity contribution in [2.24, 2.45) is 0 Å². The largest absolute Gasteiger partial charge is 0.484 e. The van der Waals surface area contributed by atoms with Gasteiger partial charge in [0.1, 0.15) is 11.6 Å². The number of aryl methyl sites for hydroxylation is 3. The lowest BCUT2D eigenvalue weighted by Gasteiger charge is -2.17. The lowest BCUT2D eigenvalue weighted by atomic mass is 10.0. The van der Waals surface area contributed by atoms with Crippen LogP contribution in [0, 0.1) is 6.92 Å². The monoisotopic (exact) mass is 445 g/mol. The van der Waals surface area contributed by atoms with Crippen molar-refractivity contribution in [2.75, 3.05) is 17.2 Å². The molecule has 0 saturated carbocycles. The van der Waals surface area contributed by atoms with E-state index >= 15 is 0 Å². The van der Waals surface area contributed by atoms with Gasteiger partial charge in [-0.3, -0.25) is 9.59 Å². The number of hydrogen-bond donors (Lipinski definition) is 2. The number of fused-ring (bicyclic) bond motifs is 2. The molecule has 2 aromatic carbocycles. The summed E-state index contributed by atoms with van der Waals surface area (Å²) in [5.41, 5.74) is 4.46. The molecule has 33 heavy (non-hydrogen) atoms. The Hall–Kier alpha value is -3.68. The van der Waals surface area contributed by atoms with Crippen molar-refractivity contribution >= 4 is 23.2 Å². The fourth-order valence-electron chi connectivity index (χ4n) is 4.38. The van der Waals surface area contributed by atoms with Crippen LogP contribution >= 0.6 is 0 Å². The normalized spacial score (nSPS) is 15.1. The van der Waals surface area contributed by atoms with Gasteiger partial charge >= 0.3 is 0 Å². The Bertz CT molecular complexity index is 1220. The van der Waals surface area contributed by atoms with Gasteiger partial charge in [-0.1, -0.05) is 18.6 Å². The zero-order valence-corrected chi connectivity index (χ0v) is 18.7. The lowest BCUT2D eigenvalue weighted by Crippen LogP contribution is -2.21. The second kappa shape index (κ2) is 9.05. The molecule has 0 atom stereocenters. The second-order valence-electron chi connectivity index (χ2n) is 8.64. The molecule has 1 aromatic heterocycles. The predicted octanol–water partition coefficient (Wildman–Crippen LogP) is 3.88. The average Bonchev–Trinajstić information content (AvgIpc) is 3.07. The van der Waals surface area contributed by atoms with Crippen LogP contribution in [0.5, 0.6) is 5.75 Å². The fraction of sp³-hybridized carbons (Fsp3) is 0.360. The van der Waals surface area contributed by atoms with Crippen LogP contribution in [0.4, 0.5) is 11.4 Å². The van der Waals surface area contributed by atoms with Gasteiger partial charge in [-0.15, -0.1) is 10.2 Å². The van der Waals surface area contributed by atoms with Crippen LogP contribution in [0.3, 0.4) is 0 Å². The molecule has 5 rings (SSSR count). The van der Waals surface area contributed by atoms with Crippen molar-refractivity contribution in [1.82, 2.24) is 14.8 Å². The van der Waals surface area contributed by atoms with E-state index in [-0.39, 0.29) is 18.4 Å². The first kappa shape index (κ1) is 21.2. The highest BCUT2D eigenvalue weighted by molar-refractivity contribution is 5.94. The Morgan fingerprint density at radius 2 is 2.00 bits per heavy atom. The number of amides is 2. The molecular weight excluding hydrogens is 418 g/mol. The summed E-state index contributed by atoms with van der Waals surface area (Å²) >= 11 is 0. The number of nitrogens with one attached hydrogen (secondary N) is 2. The van der Waals surface area contributed by atoms with E-state index in [4.69, 9.17) is 4.74 Å². The first-order valence-electron chi connectivity index (χ1n) is 11.5. The Kier molecular flexibility index (Phi) is 5.81. The average molecular weight is 446 g/mol. The summed E-state index contributed by atoms with van der Waals surface area (Å²) in [4.78, 5) is 24.1. The van der Waals surface area contributed by atoms with Gasteiger partial charge in [-0.05, 0) is 61.6 Å². The highest BCUT2D eigenvalue weighted by Crippen LogP contribution is 2.28. The predicted molar refractivity (Wildman–Crippen MR) is 125 cm³/mol. The zero-order chi connectivity index (χ0) is 22.8. The minimum absolute atomic E-state index is 0.0235. The Labute approximate surface area is 192 Å². The quantitative estimate of drug-likeness (QED) is 0.621. The van der Waals surface area contributed by atoms with Crippen molar-refractivity contribution in [3.63, 3.8) is 0 Å². The SMILES string of the molecule is Cc1ccc(-c2nnc3n2CCCCC3)cc1NC(=O)COc1ccc2c(c1)CCC(=O)N2. The third-order valence-corrected chi connectivity index (χ3v) is 6.22. The maximum atomic E-state index is 12.6. The second-order valence-corrected chi connectivity index (χ2v) is 8.64. The minimum atomic E-state index is -0.235. The van der Waals surface area contributed by atoms with Gasteiger partial charge in [0.2, 0.25) is 5.91 Å². The number of rotatable bonds is 5. The number of nitrogens with zero attached hydrogens (tertiary/aromatic N) is 3. The van der Waals surface area contributed by atoms with E-state index < -0.39 is 0 Å². The van der Waals surface area contributed by atoms with Gasteiger partial charge < -0.3 is 19.9 Å². The van der Waals surface area contributed by atoms with E-state index in [2.05, 4.69) is 25.4 Å². The van der Waals surface area contributed by atoms with Crippen LogP contribution in [-0.4, -0.2) is 33.2 Å². The number of aromatic nitrogens is 3. The van der Waals surface area contributed by atoms with Crippen LogP contribution in [-0.2, 0) is 29.0 Å². The summed E-state index contributed by atoms with van der Waals surface area (Å²) in [5.74, 6) is 2.28. The molecule has 0 aliphatic carbocycles. The molecule has 3 aromatic rings. The number of ether oxygens (including phenoxy) is 1. The summed E-state index contributed by atoms with van der Waals surface area (Å²) in [7, 11) is 0. The molecular formula is C25H27N5O3. The number of benzene rings is 2. The van der Waals surface area contributed by atoms with E-state index in [1.807, 2.05) is 37.3 Å². The van der Waals surface area contributed by atoms with Crippen LogP contribution in [0.1, 0.15) is 42.6 Å². The molecule has 170 valence electrons. The summed E-state index contributed by atoms with van der Waals surface area (Å²) in [6.07, 6.45) is 5.56. The molecule has 0 saturated heterocycles. The van der Waals surface area contributed by atoms with Crippen molar-refractivity contribution in [3.8, 4) is 17.1 Å². The van der Waals surface area contributed by atoms with E-state index in [9.17, 15) is 9.59 Å². The molecule has 2 amide bonds. The third-order valence-electron chi connectivity index (χ3n) is 6.22. The van der Waals surface area contributed by atoms with Crippen LogP contribution in [0.2, 0.25) is 0 Å². The smallest absolute Gasteiger partial charge is 0.262 e. The maximum Gasteiger partial charge on any atom is 0.262 e. The number of hydrogen-bond acceptors (Lipinski definition) is 5. The standard InChI is InChI=1S/C25H27N5O3/c1-16-6-7-18(25-29-28-22-5-3-2-4-12-30(22)25)14-21(16)27-24(32)15-33-19-9-10-20-17(13-19)8-11-23(31)26-20/h6-7,9-10,13-14H,2-5,8,11-12,15H2,1H3,(H,26,31)(H,27,32). The molecule has 0 unspecified atom stereocenters. The number of anilines is 2. The van der Waals surface area contributed by atoms with Crippen molar-refractivity contribution in [3.05, 3.63) is 53.3 Å². The van der Waals surface area contributed by atoms with Crippen LogP contribution in [0.15, 0.2) is 36.4 Å². The topological polar surface area (TPSA) is 98.1 Å². The first-order valence-corrected chi connectivity index (χ1v) is 11.5. The molecule has 8 nitrogen and oxygen atoms in total. The highest BCUT2D eigenvalue weighted by atomic mass is 16.5. The van der Waals surface area contributed by atoms with Gasteiger partial charge in [0.25, 0.3) is 5.91 Å². The molecule has 2 aliphatic rings. The third kappa shape index (κ3) is 4.60. The Balaban J connectivity index is 1.27. The number of carbonyl (C=O) groups excluding carboxylic acids is 2. The highest BCUT2D eigenvalue weighted by Gasteiger charge is 2.18. The van der Waals surface area contributed by atoms with Gasteiger partial charge in [0, 0.05) is 36.3 Å². The van der Waals surface area contributed by atoms with Crippen molar-refractivity contribution in [2.45, 2.75) is 52.0 Å². The maximum absolute atomic E-state index is 12.6. The summed E-state index contributed by atoms with van der Waals surface area (Å²) < 4.78 is 7.91. The fourth-order valence-corrected chi connectivity index (χ4v) is 4.38. The van der Waals surface area contributed by atoms with E-state index in [1.165, 1.54) is 6.42 Å². The van der Waals surface area contributed by atoms with Gasteiger partial charge in [0.15, 0.2) is 12.4 Å². The van der Waals surface area contributed by atoms with Gasteiger partial charge in [-0.25, -0.2) is 0 Å². The lowest BCUT2D eigenvalue weighted by molar-refractivity contribution is -0.118. The molecule has 8 heteroatoms. The Morgan fingerprint density at radius 3 is 2.91 bits per heavy atom. The molecule has 0 bridgehead atoms. The van der Waals surface area contributed by atoms with E-state index in [1.54, 1.807) is 6.07 Å². The first-order chi connectivity index (χ1) is 16.1. The number of carbonyl (C=O) groups is 2. The molecule has 3 heterocycles. The van der Waals surface area contributed by atoms with Crippen LogP contribution < -0.4 is 15.4 Å². The van der Waals surface area contributed by atoms with Crippen molar-refractivity contribution < 1.29 is 14.3 Å². The zero-order valence-electron chi connectivity index (χ0n) is 18.7. The van der Waals surface area contributed by atoms with Crippen molar-refractivity contribution in [1.29, 1.82) is 0 Å². The summed E-state index contributed by atoms with van der Waals surface area (Å²) in [6, 6.07) is 11.4. The van der Waals surface area contributed by atoms with E-state index in [0.29, 0.717) is 18.6 Å². The summed E-state index contributed by atoms with van der Waals surface area (Å²) in [5, 5.41) is 14.6. The minimum Gasteiger partial charge on any atom is -0.484 e. The molecule has 0 radical (unpaired) electrons. The van der Waals surface area contributed by atoms with Gasteiger partial charge in [0.05, 0.1) is 0 Å². The van der Waals surface area contributed by atoms with Gasteiger partial charge in [-0.2, -0.15) is 0 Å². The molecule has 2 aliphatic heterocycles. The summed E-state index contributed by atoms with van der Waals surface area (Å²) in [6.45, 7) is 2.78. The molecule has 2 N–H and O–H groups in total. The molecule has 0 fully saturated rings. The van der Waals surface area contributed by atoms with E-state index in [0.717, 1.165) is 65.5 Å². The molecule has 0 spiro atoms.